The molecule has 0 atom stereocenters. The Bertz CT molecular complexity index is 334. The molecule has 0 aliphatic carbocycles. The van der Waals surface area contributed by atoms with Crippen LogP contribution in [0.15, 0.2) is 5.38 Å². The zero-order chi connectivity index (χ0) is 11.4. The lowest BCUT2D eigenvalue weighted by Gasteiger charge is -2.31. The number of nitrogens with one attached hydrogen (secondary N) is 1. The highest BCUT2D eigenvalue weighted by atomic mass is 32.1. The lowest BCUT2D eigenvalue weighted by atomic mass is 9.88. The smallest absolute Gasteiger partial charge is 0.119 e. The van der Waals surface area contributed by atoms with Crippen LogP contribution in [0.4, 0.5) is 0 Å². The Morgan fingerprint density at radius 2 is 2.31 bits per heavy atom. The predicted octanol–water partition coefficient (Wildman–Crippen LogP) is 0.946. The molecule has 1 saturated heterocycles. The lowest BCUT2D eigenvalue weighted by Crippen LogP contribution is -2.43. The van der Waals surface area contributed by atoms with E-state index in [1.54, 1.807) is 18.4 Å². The van der Waals surface area contributed by atoms with Crippen LogP contribution in [0.1, 0.15) is 23.5 Å². The van der Waals surface area contributed by atoms with Gasteiger partial charge < -0.3 is 15.2 Å². The molecule has 1 fully saturated rings. The molecule has 1 aliphatic heterocycles. The Morgan fingerprint density at radius 3 is 3.00 bits per heavy atom. The van der Waals surface area contributed by atoms with E-state index in [0.717, 1.165) is 36.6 Å². The van der Waals surface area contributed by atoms with Crippen LogP contribution in [0.2, 0.25) is 0 Å². The maximum atomic E-state index is 10.4. The SMILES string of the molecule is COCc1nc(CC2(O)CCNCC2)cs1. The normalized spacial score (nSPS) is 19.9. The van der Waals surface area contributed by atoms with Gasteiger partial charge in [-0.2, -0.15) is 0 Å². The van der Waals surface area contributed by atoms with E-state index in [1.807, 2.05) is 5.38 Å². The summed E-state index contributed by atoms with van der Waals surface area (Å²) in [5.74, 6) is 0. The quantitative estimate of drug-likeness (QED) is 0.825. The van der Waals surface area contributed by atoms with Crippen molar-refractivity contribution in [3.63, 3.8) is 0 Å². The van der Waals surface area contributed by atoms with Gasteiger partial charge in [-0.05, 0) is 25.9 Å². The zero-order valence-electron chi connectivity index (χ0n) is 9.53. The van der Waals surface area contributed by atoms with Gasteiger partial charge in [-0.25, -0.2) is 4.98 Å². The van der Waals surface area contributed by atoms with Crippen LogP contribution < -0.4 is 5.32 Å². The average Bonchev–Trinajstić information content (AvgIpc) is 2.66. The molecule has 0 bridgehead atoms. The van der Waals surface area contributed by atoms with Crippen molar-refractivity contribution in [2.24, 2.45) is 0 Å². The highest BCUT2D eigenvalue weighted by molar-refractivity contribution is 7.09. The van der Waals surface area contributed by atoms with Crippen LogP contribution in [0.3, 0.4) is 0 Å². The van der Waals surface area contributed by atoms with Gasteiger partial charge in [0, 0.05) is 18.9 Å². The number of nitrogens with zero attached hydrogens (tertiary/aromatic N) is 1. The van der Waals surface area contributed by atoms with Crippen molar-refractivity contribution < 1.29 is 9.84 Å². The average molecular weight is 242 g/mol. The van der Waals surface area contributed by atoms with Crippen LogP contribution in [-0.2, 0) is 17.8 Å². The third kappa shape index (κ3) is 3.01. The lowest BCUT2D eigenvalue weighted by molar-refractivity contribution is 0.0101. The maximum Gasteiger partial charge on any atom is 0.119 e. The molecule has 1 aromatic rings. The summed E-state index contributed by atoms with van der Waals surface area (Å²) in [6.07, 6.45) is 2.28. The van der Waals surface area contributed by atoms with Crippen molar-refractivity contribution in [3.05, 3.63) is 16.1 Å². The monoisotopic (exact) mass is 242 g/mol. The van der Waals surface area contributed by atoms with Gasteiger partial charge in [-0.3, -0.25) is 0 Å². The van der Waals surface area contributed by atoms with Gasteiger partial charge in [0.2, 0.25) is 0 Å². The summed E-state index contributed by atoms with van der Waals surface area (Å²) in [5, 5.41) is 16.6. The number of hydrogen-bond donors (Lipinski definition) is 2. The van der Waals surface area contributed by atoms with Crippen molar-refractivity contribution in [3.8, 4) is 0 Å². The molecule has 2 rings (SSSR count). The van der Waals surface area contributed by atoms with Crippen molar-refractivity contribution in [1.29, 1.82) is 0 Å². The van der Waals surface area contributed by atoms with E-state index < -0.39 is 5.60 Å². The predicted molar refractivity (Wildman–Crippen MR) is 63.6 cm³/mol. The van der Waals surface area contributed by atoms with Gasteiger partial charge in [-0.15, -0.1) is 11.3 Å². The zero-order valence-corrected chi connectivity index (χ0v) is 10.3. The van der Waals surface area contributed by atoms with Crippen molar-refractivity contribution in [1.82, 2.24) is 10.3 Å². The molecule has 2 N–H and O–H groups in total. The molecule has 1 aliphatic rings. The molecule has 0 saturated carbocycles. The number of ether oxygens (including phenoxy) is 1. The second-order valence-electron chi connectivity index (χ2n) is 4.32. The first-order chi connectivity index (χ1) is 7.72. The fourth-order valence-corrected chi connectivity index (χ4v) is 2.79. The van der Waals surface area contributed by atoms with Crippen LogP contribution in [0, 0.1) is 0 Å². The summed E-state index contributed by atoms with van der Waals surface area (Å²) in [6, 6.07) is 0. The summed E-state index contributed by atoms with van der Waals surface area (Å²) >= 11 is 1.60. The third-order valence-electron chi connectivity index (χ3n) is 2.91. The van der Waals surface area contributed by atoms with E-state index >= 15 is 0 Å². The van der Waals surface area contributed by atoms with Crippen LogP contribution in [-0.4, -0.2) is 35.9 Å². The summed E-state index contributed by atoms with van der Waals surface area (Å²) in [5.41, 5.74) is 0.422. The van der Waals surface area contributed by atoms with Crippen molar-refractivity contribution >= 4 is 11.3 Å². The molecular weight excluding hydrogens is 224 g/mol. The first-order valence-electron chi connectivity index (χ1n) is 5.57. The molecule has 16 heavy (non-hydrogen) atoms. The fraction of sp³-hybridized carbons (Fsp3) is 0.727. The highest BCUT2D eigenvalue weighted by Crippen LogP contribution is 2.24. The Morgan fingerprint density at radius 1 is 1.56 bits per heavy atom. The Kier molecular flexibility index (Phi) is 3.91. The molecule has 4 nitrogen and oxygen atoms in total. The minimum Gasteiger partial charge on any atom is -0.389 e. The van der Waals surface area contributed by atoms with Gasteiger partial charge in [-0.1, -0.05) is 0 Å². The molecule has 0 amide bonds. The van der Waals surface area contributed by atoms with Crippen LogP contribution >= 0.6 is 11.3 Å². The molecule has 0 radical (unpaired) electrons. The number of rotatable bonds is 4. The number of aromatic nitrogens is 1. The van der Waals surface area contributed by atoms with Gasteiger partial charge in [0.1, 0.15) is 5.01 Å². The van der Waals surface area contributed by atoms with E-state index in [1.165, 1.54) is 0 Å². The molecule has 0 aromatic carbocycles. The van der Waals surface area contributed by atoms with Crippen LogP contribution in [0.25, 0.3) is 0 Å². The van der Waals surface area contributed by atoms with E-state index in [9.17, 15) is 5.11 Å². The largest absolute Gasteiger partial charge is 0.389 e. The second-order valence-corrected chi connectivity index (χ2v) is 5.26. The second kappa shape index (κ2) is 5.23. The van der Waals surface area contributed by atoms with Gasteiger partial charge in [0.25, 0.3) is 0 Å². The standard InChI is InChI=1S/C11H18N2O2S/c1-15-7-10-13-9(8-16-10)6-11(14)2-4-12-5-3-11/h8,12,14H,2-7H2,1H3. The van der Waals surface area contributed by atoms with Gasteiger partial charge in [0.15, 0.2) is 0 Å². The Hall–Kier alpha value is -0.490. The molecular formula is C11H18N2O2S. The summed E-state index contributed by atoms with van der Waals surface area (Å²) in [4.78, 5) is 4.45. The van der Waals surface area contributed by atoms with E-state index in [4.69, 9.17) is 4.74 Å². The Balaban J connectivity index is 1.96. The number of methoxy groups -OCH3 is 1. The Labute approximate surface area is 99.7 Å². The number of aliphatic hydroxyl groups is 1. The fourth-order valence-electron chi connectivity index (χ4n) is 2.03. The minimum atomic E-state index is -0.566. The first-order valence-corrected chi connectivity index (χ1v) is 6.45. The third-order valence-corrected chi connectivity index (χ3v) is 3.78. The molecule has 0 spiro atoms. The molecule has 5 heteroatoms. The van der Waals surface area contributed by atoms with Crippen LogP contribution in [0.5, 0.6) is 0 Å². The molecule has 0 unspecified atom stereocenters. The number of thiazole rings is 1. The van der Waals surface area contributed by atoms with E-state index in [-0.39, 0.29) is 0 Å². The molecule has 1 aromatic heterocycles. The summed E-state index contributed by atoms with van der Waals surface area (Å²) < 4.78 is 5.03. The number of piperidine rings is 1. The molecule has 90 valence electrons. The maximum absolute atomic E-state index is 10.4. The summed E-state index contributed by atoms with van der Waals surface area (Å²) in [7, 11) is 1.67. The minimum absolute atomic E-state index is 0.560. The molecule has 2 heterocycles. The van der Waals surface area contributed by atoms with Crippen molar-refractivity contribution in [2.45, 2.75) is 31.5 Å². The topological polar surface area (TPSA) is 54.4 Å². The van der Waals surface area contributed by atoms with E-state index in [2.05, 4.69) is 10.3 Å². The van der Waals surface area contributed by atoms with Crippen molar-refractivity contribution in [2.75, 3.05) is 20.2 Å². The first kappa shape index (κ1) is 12.0. The van der Waals surface area contributed by atoms with Gasteiger partial charge >= 0.3 is 0 Å². The summed E-state index contributed by atoms with van der Waals surface area (Å²) in [6.45, 7) is 2.35. The van der Waals surface area contributed by atoms with Gasteiger partial charge in [0.05, 0.1) is 17.9 Å². The number of hydrogen-bond acceptors (Lipinski definition) is 5. The van der Waals surface area contributed by atoms with E-state index in [0.29, 0.717) is 13.0 Å². The highest BCUT2D eigenvalue weighted by Gasteiger charge is 2.30.